The Morgan fingerprint density at radius 1 is 1.17 bits per heavy atom. The fourth-order valence-corrected chi connectivity index (χ4v) is 4.42. The molecule has 1 aliphatic carbocycles. The maximum absolute atomic E-state index is 12.5. The smallest absolute Gasteiger partial charge is 0.251 e. The molecule has 5 nitrogen and oxygen atoms in total. The Bertz CT molecular complexity index is 700. The molecule has 1 heterocycles. The van der Waals surface area contributed by atoms with E-state index in [4.69, 9.17) is 0 Å². The van der Waals surface area contributed by atoms with E-state index in [2.05, 4.69) is 11.4 Å². The number of sulfonamides is 1. The summed E-state index contributed by atoms with van der Waals surface area (Å²) in [4.78, 5) is 12.5. The molecule has 126 valence electrons. The lowest BCUT2D eigenvalue weighted by Crippen LogP contribution is -2.49. The average molecular weight is 336 g/mol. The first kappa shape index (κ1) is 16.5. The van der Waals surface area contributed by atoms with Crippen LogP contribution >= 0.6 is 0 Å². The fourth-order valence-electron chi connectivity index (χ4n) is 3.50. The van der Waals surface area contributed by atoms with Crippen LogP contribution in [-0.2, 0) is 22.9 Å². The molecular formula is C17H24N2O3S. The lowest BCUT2D eigenvalue weighted by atomic mass is 9.90. The molecular weight excluding hydrogens is 312 g/mol. The number of hydrogen-bond donors (Lipinski definition) is 1. The van der Waals surface area contributed by atoms with Gasteiger partial charge in [0.1, 0.15) is 0 Å². The summed E-state index contributed by atoms with van der Waals surface area (Å²) in [7, 11) is -3.19. The highest BCUT2D eigenvalue weighted by atomic mass is 32.2. The Morgan fingerprint density at radius 2 is 1.91 bits per heavy atom. The van der Waals surface area contributed by atoms with E-state index in [0.29, 0.717) is 18.7 Å². The lowest BCUT2D eigenvalue weighted by molar-refractivity contribution is 0.0921. The maximum Gasteiger partial charge on any atom is 0.251 e. The Balaban J connectivity index is 1.67. The topological polar surface area (TPSA) is 66.5 Å². The van der Waals surface area contributed by atoms with Gasteiger partial charge < -0.3 is 5.32 Å². The van der Waals surface area contributed by atoms with E-state index in [1.165, 1.54) is 34.5 Å². The molecule has 23 heavy (non-hydrogen) atoms. The van der Waals surface area contributed by atoms with Crippen molar-refractivity contribution in [2.45, 2.75) is 44.6 Å². The van der Waals surface area contributed by atoms with Crippen LogP contribution < -0.4 is 5.32 Å². The molecule has 1 unspecified atom stereocenters. The number of benzene rings is 1. The van der Waals surface area contributed by atoms with Crippen molar-refractivity contribution in [1.82, 2.24) is 9.62 Å². The molecule has 0 radical (unpaired) electrons. The molecule has 0 spiro atoms. The maximum atomic E-state index is 12.5. The number of carbonyl (C=O) groups excluding carboxylic acids is 1. The van der Waals surface area contributed by atoms with Crippen LogP contribution in [0.5, 0.6) is 0 Å². The van der Waals surface area contributed by atoms with E-state index in [-0.39, 0.29) is 11.9 Å². The third-order valence-electron chi connectivity index (χ3n) is 4.80. The normalized spacial score (nSPS) is 22.4. The van der Waals surface area contributed by atoms with Crippen LogP contribution in [0.25, 0.3) is 0 Å². The van der Waals surface area contributed by atoms with Crippen molar-refractivity contribution in [3.8, 4) is 0 Å². The number of nitrogens with zero attached hydrogens (tertiary/aromatic N) is 1. The van der Waals surface area contributed by atoms with Gasteiger partial charge in [-0.15, -0.1) is 0 Å². The van der Waals surface area contributed by atoms with Crippen LogP contribution in [0.3, 0.4) is 0 Å². The van der Waals surface area contributed by atoms with E-state index in [9.17, 15) is 13.2 Å². The number of amides is 1. The number of rotatable bonds is 3. The van der Waals surface area contributed by atoms with Crippen molar-refractivity contribution in [2.24, 2.45) is 0 Å². The van der Waals surface area contributed by atoms with Crippen LogP contribution in [0.15, 0.2) is 18.2 Å². The molecule has 1 amide bonds. The van der Waals surface area contributed by atoms with Crippen LogP contribution in [0, 0.1) is 0 Å². The number of nitrogens with one attached hydrogen (secondary N) is 1. The van der Waals surface area contributed by atoms with E-state index in [1.807, 2.05) is 12.1 Å². The monoisotopic (exact) mass is 336 g/mol. The van der Waals surface area contributed by atoms with E-state index >= 15 is 0 Å². The molecule has 3 rings (SSSR count). The summed E-state index contributed by atoms with van der Waals surface area (Å²) < 4.78 is 24.8. The Morgan fingerprint density at radius 3 is 2.65 bits per heavy atom. The van der Waals surface area contributed by atoms with Gasteiger partial charge in [0.2, 0.25) is 10.0 Å². The quantitative estimate of drug-likeness (QED) is 0.914. The first-order valence-electron chi connectivity index (χ1n) is 8.31. The molecule has 0 bridgehead atoms. The van der Waals surface area contributed by atoms with E-state index in [0.717, 1.165) is 25.7 Å². The molecule has 1 fully saturated rings. The predicted octanol–water partition coefficient (Wildman–Crippen LogP) is 1.72. The van der Waals surface area contributed by atoms with Gasteiger partial charge >= 0.3 is 0 Å². The highest BCUT2D eigenvalue weighted by Crippen LogP contribution is 2.22. The zero-order valence-electron chi connectivity index (χ0n) is 13.5. The van der Waals surface area contributed by atoms with Crippen molar-refractivity contribution >= 4 is 15.9 Å². The number of aryl methyl sites for hydroxylation is 2. The van der Waals surface area contributed by atoms with Gasteiger partial charge in [0.25, 0.3) is 5.91 Å². The van der Waals surface area contributed by atoms with Crippen LogP contribution in [-0.4, -0.2) is 44.0 Å². The SMILES string of the molecule is CS(=O)(=O)N1CCCC(NC(=O)c2ccc3c(c2)CCCC3)C1. The highest BCUT2D eigenvalue weighted by Gasteiger charge is 2.27. The zero-order valence-corrected chi connectivity index (χ0v) is 14.4. The average Bonchev–Trinajstić information content (AvgIpc) is 2.54. The second-order valence-electron chi connectivity index (χ2n) is 6.62. The van der Waals surface area contributed by atoms with E-state index in [1.54, 1.807) is 0 Å². The molecule has 0 saturated carbocycles. The molecule has 1 saturated heterocycles. The van der Waals surface area contributed by atoms with Crippen molar-refractivity contribution in [3.05, 3.63) is 34.9 Å². The summed E-state index contributed by atoms with van der Waals surface area (Å²) in [5, 5.41) is 3.00. The van der Waals surface area contributed by atoms with Crippen LogP contribution in [0.4, 0.5) is 0 Å². The first-order valence-corrected chi connectivity index (χ1v) is 10.2. The van der Waals surface area contributed by atoms with Gasteiger partial charge in [-0.05, 0) is 61.8 Å². The number of fused-ring (bicyclic) bond motifs is 1. The minimum Gasteiger partial charge on any atom is -0.348 e. The Labute approximate surface area is 138 Å². The molecule has 1 aromatic rings. The first-order chi connectivity index (χ1) is 10.9. The molecule has 1 atom stereocenters. The predicted molar refractivity (Wildman–Crippen MR) is 90.0 cm³/mol. The van der Waals surface area contributed by atoms with Gasteiger partial charge in [-0.2, -0.15) is 0 Å². The summed E-state index contributed by atoms with van der Waals surface area (Å²) in [5.74, 6) is -0.0984. The number of hydrogen-bond acceptors (Lipinski definition) is 3. The lowest BCUT2D eigenvalue weighted by Gasteiger charge is -2.31. The molecule has 1 aromatic carbocycles. The highest BCUT2D eigenvalue weighted by molar-refractivity contribution is 7.88. The summed E-state index contributed by atoms with van der Waals surface area (Å²) in [6.45, 7) is 0.916. The second-order valence-corrected chi connectivity index (χ2v) is 8.61. The fraction of sp³-hybridized carbons (Fsp3) is 0.588. The van der Waals surface area contributed by atoms with Crippen molar-refractivity contribution in [1.29, 1.82) is 0 Å². The number of carbonyl (C=O) groups is 1. The number of piperidine rings is 1. The van der Waals surface area contributed by atoms with Gasteiger partial charge in [-0.25, -0.2) is 12.7 Å². The van der Waals surface area contributed by atoms with Gasteiger partial charge in [-0.1, -0.05) is 6.07 Å². The zero-order chi connectivity index (χ0) is 16.4. The molecule has 1 N–H and O–H groups in total. The standard InChI is InChI=1S/C17H24N2O3S/c1-23(21,22)19-10-4-7-16(12-19)18-17(20)15-9-8-13-5-2-3-6-14(13)11-15/h8-9,11,16H,2-7,10,12H2,1H3,(H,18,20). The van der Waals surface area contributed by atoms with Gasteiger partial charge in [-0.3, -0.25) is 4.79 Å². The Kier molecular flexibility index (Phi) is 4.73. The largest absolute Gasteiger partial charge is 0.348 e. The van der Waals surface area contributed by atoms with Gasteiger partial charge in [0.15, 0.2) is 0 Å². The van der Waals surface area contributed by atoms with Crippen molar-refractivity contribution in [3.63, 3.8) is 0 Å². The summed E-state index contributed by atoms with van der Waals surface area (Å²) in [6.07, 6.45) is 7.38. The van der Waals surface area contributed by atoms with Crippen molar-refractivity contribution in [2.75, 3.05) is 19.3 Å². The van der Waals surface area contributed by atoms with Crippen LogP contribution in [0.2, 0.25) is 0 Å². The summed E-state index contributed by atoms with van der Waals surface area (Å²) >= 11 is 0. The second kappa shape index (κ2) is 6.61. The minimum atomic E-state index is -3.19. The summed E-state index contributed by atoms with van der Waals surface area (Å²) in [6, 6.07) is 5.84. The van der Waals surface area contributed by atoms with Crippen molar-refractivity contribution < 1.29 is 13.2 Å². The minimum absolute atomic E-state index is 0.0984. The van der Waals surface area contributed by atoms with E-state index < -0.39 is 10.0 Å². The van der Waals surface area contributed by atoms with Gasteiger partial charge in [0.05, 0.1) is 6.26 Å². The molecule has 1 aliphatic heterocycles. The molecule has 2 aliphatic rings. The van der Waals surface area contributed by atoms with Crippen LogP contribution in [0.1, 0.15) is 47.2 Å². The van der Waals surface area contributed by atoms with Gasteiger partial charge in [0, 0.05) is 24.7 Å². The molecule has 6 heteroatoms. The Hall–Kier alpha value is -1.40. The molecule has 0 aromatic heterocycles. The third-order valence-corrected chi connectivity index (χ3v) is 6.07. The third kappa shape index (κ3) is 3.93. The summed E-state index contributed by atoms with van der Waals surface area (Å²) in [5.41, 5.74) is 3.32.